The first-order valence-electron chi connectivity index (χ1n) is 7.68. The summed E-state index contributed by atoms with van der Waals surface area (Å²) in [6, 6.07) is 4.29. The zero-order chi connectivity index (χ0) is 16.9. The molecule has 1 aliphatic heterocycles. The van der Waals surface area contributed by atoms with Crippen LogP contribution in [0.15, 0.2) is 23.4 Å². The Kier molecular flexibility index (Phi) is 5.41. The number of amides is 1. The Labute approximate surface area is 142 Å². The summed E-state index contributed by atoms with van der Waals surface area (Å²) in [5.74, 6) is -0.480. The van der Waals surface area contributed by atoms with Gasteiger partial charge in [0.05, 0.1) is 18.4 Å². The number of nitrogens with one attached hydrogen (secondary N) is 1. The van der Waals surface area contributed by atoms with Crippen molar-refractivity contribution in [3.8, 4) is 0 Å². The summed E-state index contributed by atoms with van der Waals surface area (Å²) in [6.07, 6.45) is 2.16. The van der Waals surface area contributed by atoms with Gasteiger partial charge >= 0.3 is 0 Å². The zero-order valence-corrected chi connectivity index (χ0v) is 14.1. The van der Waals surface area contributed by atoms with E-state index in [9.17, 15) is 9.18 Å². The molecule has 1 aromatic heterocycles. The Morgan fingerprint density at radius 3 is 3.21 bits per heavy atom. The highest BCUT2D eigenvalue weighted by Gasteiger charge is 2.19. The molecule has 3 rings (SSSR count). The summed E-state index contributed by atoms with van der Waals surface area (Å²) in [7, 11) is 0. The van der Waals surface area contributed by atoms with Crippen molar-refractivity contribution >= 4 is 23.4 Å². The van der Waals surface area contributed by atoms with Crippen LogP contribution in [0.5, 0.6) is 0 Å². The van der Waals surface area contributed by atoms with Gasteiger partial charge in [0.1, 0.15) is 5.82 Å². The third-order valence-corrected chi connectivity index (χ3v) is 4.66. The largest absolute Gasteiger partial charge is 0.376 e. The van der Waals surface area contributed by atoms with Gasteiger partial charge in [0.25, 0.3) is 0 Å². The molecule has 0 aliphatic carbocycles. The molecule has 1 aliphatic rings. The van der Waals surface area contributed by atoms with Crippen LogP contribution in [0.2, 0.25) is 0 Å². The lowest BCUT2D eigenvalue weighted by molar-refractivity contribution is -0.113. The highest BCUT2D eigenvalue weighted by Crippen LogP contribution is 2.20. The number of nitrogens with zero attached hydrogens (tertiary/aromatic N) is 4. The number of anilines is 1. The summed E-state index contributed by atoms with van der Waals surface area (Å²) in [5.41, 5.74) is 1.28. The minimum Gasteiger partial charge on any atom is -0.376 e. The number of carbonyl (C=O) groups excluding carboxylic acids is 1. The molecular formula is C15H18FN5O2S. The molecule has 0 radical (unpaired) electrons. The minimum absolute atomic E-state index is 0.122. The Balaban J connectivity index is 1.54. The fraction of sp³-hybridized carbons (Fsp3) is 0.467. The molecule has 0 saturated carbocycles. The summed E-state index contributed by atoms with van der Waals surface area (Å²) < 4.78 is 20.5. The average Bonchev–Trinajstić information content (AvgIpc) is 3.21. The molecule has 1 atom stereocenters. The normalized spacial score (nSPS) is 17.2. The monoisotopic (exact) mass is 351 g/mol. The maximum Gasteiger partial charge on any atom is 0.234 e. The molecule has 7 nitrogen and oxygen atoms in total. The van der Waals surface area contributed by atoms with E-state index in [1.165, 1.54) is 23.9 Å². The van der Waals surface area contributed by atoms with Crippen LogP contribution < -0.4 is 5.32 Å². The number of ether oxygens (including phenoxy) is 1. The smallest absolute Gasteiger partial charge is 0.234 e. The average molecular weight is 351 g/mol. The van der Waals surface area contributed by atoms with Crippen LogP contribution in [0.3, 0.4) is 0 Å². The molecule has 1 saturated heterocycles. The molecule has 1 N–H and O–H groups in total. The van der Waals surface area contributed by atoms with Crippen LogP contribution in [-0.2, 0) is 16.1 Å². The van der Waals surface area contributed by atoms with E-state index in [2.05, 4.69) is 20.8 Å². The van der Waals surface area contributed by atoms with Crippen LogP contribution in [0.1, 0.15) is 18.4 Å². The van der Waals surface area contributed by atoms with Crippen molar-refractivity contribution in [2.75, 3.05) is 17.7 Å². The van der Waals surface area contributed by atoms with Crippen molar-refractivity contribution in [1.82, 2.24) is 20.2 Å². The van der Waals surface area contributed by atoms with Crippen molar-refractivity contribution < 1.29 is 13.9 Å². The van der Waals surface area contributed by atoms with Gasteiger partial charge in [0.2, 0.25) is 11.1 Å². The number of rotatable bonds is 6. The zero-order valence-electron chi connectivity index (χ0n) is 13.2. The summed E-state index contributed by atoms with van der Waals surface area (Å²) in [4.78, 5) is 12.1. The molecule has 1 aromatic carbocycles. The lowest BCUT2D eigenvalue weighted by atomic mass is 10.2. The second kappa shape index (κ2) is 7.71. The lowest BCUT2D eigenvalue weighted by Gasteiger charge is -2.10. The maximum atomic E-state index is 13.3. The van der Waals surface area contributed by atoms with Gasteiger partial charge in [-0.3, -0.25) is 4.79 Å². The quantitative estimate of drug-likeness (QED) is 0.802. The molecule has 1 amide bonds. The van der Waals surface area contributed by atoms with Gasteiger partial charge in [0.15, 0.2) is 0 Å². The number of aromatic nitrogens is 4. The second-order valence-electron chi connectivity index (χ2n) is 5.57. The number of hydrogen-bond acceptors (Lipinski definition) is 6. The Bertz CT molecular complexity index is 718. The van der Waals surface area contributed by atoms with Crippen molar-refractivity contribution in [1.29, 1.82) is 0 Å². The molecule has 24 heavy (non-hydrogen) atoms. The van der Waals surface area contributed by atoms with Crippen molar-refractivity contribution in [2.45, 2.75) is 37.6 Å². The Morgan fingerprint density at radius 1 is 1.54 bits per heavy atom. The predicted octanol–water partition coefficient (Wildman–Crippen LogP) is 2.03. The number of thioether (sulfide) groups is 1. The third-order valence-electron chi connectivity index (χ3n) is 3.71. The molecule has 128 valence electrons. The molecule has 1 fully saturated rings. The van der Waals surface area contributed by atoms with E-state index in [1.54, 1.807) is 10.7 Å². The molecule has 2 heterocycles. The number of benzene rings is 1. The van der Waals surface area contributed by atoms with Crippen LogP contribution in [-0.4, -0.2) is 44.6 Å². The molecule has 9 heteroatoms. The first-order valence-corrected chi connectivity index (χ1v) is 8.67. The first-order chi connectivity index (χ1) is 11.6. The van der Waals surface area contributed by atoms with Gasteiger partial charge in [-0.1, -0.05) is 17.8 Å². The highest BCUT2D eigenvalue weighted by molar-refractivity contribution is 7.99. The van der Waals surface area contributed by atoms with Gasteiger partial charge in [-0.2, -0.15) is 0 Å². The summed E-state index contributed by atoms with van der Waals surface area (Å²) in [6.45, 7) is 3.16. The fourth-order valence-corrected chi connectivity index (χ4v) is 3.13. The van der Waals surface area contributed by atoms with E-state index in [0.717, 1.165) is 25.0 Å². The summed E-state index contributed by atoms with van der Waals surface area (Å²) in [5, 5.41) is 14.8. The Hall–Kier alpha value is -2.00. The third kappa shape index (κ3) is 4.30. The number of aryl methyl sites for hydroxylation is 1. The van der Waals surface area contributed by atoms with E-state index in [1.807, 2.05) is 6.92 Å². The summed E-state index contributed by atoms with van der Waals surface area (Å²) >= 11 is 1.24. The standard InChI is InChI=1S/C15H18FN5O2S/c1-10-4-5-11(16)7-13(10)17-14(22)9-24-15-18-19-20-21(15)8-12-3-2-6-23-12/h4-5,7,12H,2-3,6,8-9H2,1H3,(H,17,22). The number of tetrazole rings is 1. The molecule has 0 spiro atoms. The van der Waals surface area contributed by atoms with Gasteiger partial charge in [0, 0.05) is 12.3 Å². The SMILES string of the molecule is Cc1ccc(F)cc1NC(=O)CSc1nnnn1CC1CCCO1. The number of hydrogen-bond donors (Lipinski definition) is 1. The number of carbonyl (C=O) groups is 1. The van der Waals surface area contributed by atoms with Crippen LogP contribution in [0, 0.1) is 12.7 Å². The van der Waals surface area contributed by atoms with Gasteiger partial charge in [-0.15, -0.1) is 5.10 Å². The number of halogens is 1. The van der Waals surface area contributed by atoms with Crippen molar-refractivity contribution in [3.05, 3.63) is 29.6 Å². The van der Waals surface area contributed by atoms with E-state index >= 15 is 0 Å². The molecule has 0 bridgehead atoms. The van der Waals surface area contributed by atoms with Gasteiger partial charge < -0.3 is 10.1 Å². The minimum atomic E-state index is -0.385. The Morgan fingerprint density at radius 2 is 2.42 bits per heavy atom. The van der Waals surface area contributed by atoms with Gasteiger partial charge in [-0.25, -0.2) is 9.07 Å². The van der Waals surface area contributed by atoms with E-state index in [4.69, 9.17) is 4.74 Å². The van der Waals surface area contributed by atoms with E-state index < -0.39 is 0 Å². The molecule has 2 aromatic rings. The van der Waals surface area contributed by atoms with Crippen molar-refractivity contribution in [3.63, 3.8) is 0 Å². The second-order valence-corrected chi connectivity index (χ2v) is 6.52. The van der Waals surface area contributed by atoms with Crippen LogP contribution in [0.25, 0.3) is 0 Å². The van der Waals surface area contributed by atoms with Crippen LogP contribution >= 0.6 is 11.8 Å². The van der Waals surface area contributed by atoms with E-state index in [-0.39, 0.29) is 23.6 Å². The van der Waals surface area contributed by atoms with E-state index in [0.29, 0.717) is 17.4 Å². The fourth-order valence-electron chi connectivity index (χ4n) is 2.44. The van der Waals surface area contributed by atoms with Gasteiger partial charge in [-0.05, 0) is 47.9 Å². The molecular weight excluding hydrogens is 333 g/mol. The lowest BCUT2D eigenvalue weighted by Crippen LogP contribution is -2.18. The van der Waals surface area contributed by atoms with Crippen LogP contribution in [0.4, 0.5) is 10.1 Å². The highest BCUT2D eigenvalue weighted by atomic mass is 32.2. The van der Waals surface area contributed by atoms with Crippen molar-refractivity contribution in [2.24, 2.45) is 0 Å². The predicted molar refractivity (Wildman–Crippen MR) is 87.3 cm³/mol. The first kappa shape index (κ1) is 16.8. The topological polar surface area (TPSA) is 81.9 Å². The maximum absolute atomic E-state index is 13.3. The molecule has 1 unspecified atom stereocenters.